The summed E-state index contributed by atoms with van der Waals surface area (Å²) in [5.41, 5.74) is 0.501. The van der Waals surface area contributed by atoms with Crippen molar-refractivity contribution in [2.24, 2.45) is 0 Å². The van der Waals surface area contributed by atoms with Gasteiger partial charge in [-0.3, -0.25) is 0 Å². The monoisotopic (exact) mass is 394 g/mol. The van der Waals surface area contributed by atoms with Gasteiger partial charge in [-0.1, -0.05) is 123 Å². The van der Waals surface area contributed by atoms with Gasteiger partial charge in [-0.15, -0.1) is 0 Å². The molecule has 0 fully saturated rings. The van der Waals surface area contributed by atoms with Crippen LogP contribution in [0.15, 0.2) is 12.2 Å². The van der Waals surface area contributed by atoms with Crippen molar-refractivity contribution < 1.29 is 9.53 Å². The zero-order chi connectivity index (χ0) is 20.9. The Hall–Kier alpha value is -0.790. The Morgan fingerprint density at radius 3 is 1.36 bits per heavy atom. The van der Waals surface area contributed by atoms with E-state index in [2.05, 4.69) is 20.4 Å². The maximum atomic E-state index is 11.6. The summed E-state index contributed by atoms with van der Waals surface area (Å²) in [5.74, 6) is -0.237. The number of carbonyl (C=O) groups is 1. The normalized spacial score (nSPS) is 12.1. The van der Waals surface area contributed by atoms with Crippen LogP contribution in [0, 0.1) is 0 Å². The second-order valence-corrected chi connectivity index (χ2v) is 8.66. The maximum Gasteiger partial charge on any atom is 0.333 e. The summed E-state index contributed by atoms with van der Waals surface area (Å²) in [6, 6.07) is 0. The van der Waals surface area contributed by atoms with Gasteiger partial charge in [-0.25, -0.2) is 4.79 Å². The van der Waals surface area contributed by atoms with Gasteiger partial charge in [-0.2, -0.15) is 0 Å². The van der Waals surface area contributed by atoms with Crippen LogP contribution >= 0.6 is 0 Å². The number of esters is 1. The van der Waals surface area contributed by atoms with Gasteiger partial charge in [0.15, 0.2) is 0 Å². The van der Waals surface area contributed by atoms with Crippen LogP contribution < -0.4 is 0 Å². The van der Waals surface area contributed by atoms with E-state index in [4.69, 9.17) is 4.74 Å². The van der Waals surface area contributed by atoms with Crippen LogP contribution in [0.5, 0.6) is 0 Å². The molecule has 0 spiro atoms. The Kier molecular flexibility index (Phi) is 20.3. The highest BCUT2D eigenvalue weighted by Gasteiger charge is 2.12. The molecule has 0 N–H and O–H groups in total. The third kappa shape index (κ3) is 18.6. The van der Waals surface area contributed by atoms with E-state index in [-0.39, 0.29) is 12.1 Å². The van der Waals surface area contributed by atoms with Crippen molar-refractivity contribution in [1.82, 2.24) is 0 Å². The van der Waals surface area contributed by atoms with Gasteiger partial charge >= 0.3 is 5.97 Å². The lowest BCUT2D eigenvalue weighted by Gasteiger charge is -2.16. The van der Waals surface area contributed by atoms with Crippen LogP contribution in [0.3, 0.4) is 0 Å². The van der Waals surface area contributed by atoms with Gasteiger partial charge < -0.3 is 4.74 Å². The summed E-state index contributed by atoms with van der Waals surface area (Å²) in [6.45, 7) is 9.74. The van der Waals surface area contributed by atoms with Crippen molar-refractivity contribution in [1.29, 1.82) is 0 Å². The summed E-state index contributed by atoms with van der Waals surface area (Å²) in [5, 5.41) is 0. The van der Waals surface area contributed by atoms with E-state index in [9.17, 15) is 4.79 Å². The third-order valence-corrected chi connectivity index (χ3v) is 5.71. The van der Waals surface area contributed by atoms with E-state index in [1.54, 1.807) is 6.92 Å². The van der Waals surface area contributed by atoms with Crippen molar-refractivity contribution >= 4 is 5.97 Å². The highest BCUT2D eigenvalue weighted by Crippen LogP contribution is 2.16. The Labute approximate surface area is 176 Å². The molecule has 0 aliphatic rings. The first-order valence-electron chi connectivity index (χ1n) is 12.5. The van der Waals surface area contributed by atoms with Gasteiger partial charge in [0.05, 0.1) is 0 Å². The number of unbranched alkanes of at least 4 members (excludes halogenated alkanes) is 16. The SMILES string of the molecule is C=C(C)C(=O)OC(CC)CCCCCCCCCCCCCCCCCCC. The predicted octanol–water partition coefficient (Wildman–Crippen LogP) is 8.93. The Bertz CT molecular complexity index is 361. The van der Waals surface area contributed by atoms with Crippen molar-refractivity contribution in [3.8, 4) is 0 Å². The zero-order valence-electron chi connectivity index (χ0n) is 19.5. The van der Waals surface area contributed by atoms with Crippen LogP contribution in [-0.4, -0.2) is 12.1 Å². The quantitative estimate of drug-likeness (QED) is 0.110. The molecule has 0 aromatic carbocycles. The molecule has 0 saturated heterocycles. The topological polar surface area (TPSA) is 26.3 Å². The Morgan fingerprint density at radius 1 is 0.679 bits per heavy atom. The molecule has 0 saturated carbocycles. The van der Waals surface area contributed by atoms with Crippen molar-refractivity contribution in [3.05, 3.63) is 12.2 Å². The standard InChI is InChI=1S/C26H50O2/c1-5-7-8-9-10-11-12-13-14-15-16-17-18-19-20-21-22-23-25(6-2)28-26(27)24(3)4/h25H,3,5-23H2,1-2,4H3. The molecular formula is C26H50O2. The first kappa shape index (κ1) is 27.2. The Morgan fingerprint density at radius 2 is 1.04 bits per heavy atom. The molecule has 1 atom stereocenters. The van der Waals surface area contributed by atoms with Gasteiger partial charge in [0, 0.05) is 5.57 Å². The van der Waals surface area contributed by atoms with Crippen molar-refractivity contribution in [3.63, 3.8) is 0 Å². The molecule has 2 heteroatoms. The first-order valence-corrected chi connectivity index (χ1v) is 12.5. The molecule has 0 rings (SSSR count). The van der Waals surface area contributed by atoms with Gasteiger partial charge in [0.1, 0.15) is 6.10 Å². The molecule has 0 aliphatic heterocycles. The average Bonchev–Trinajstić information content (AvgIpc) is 2.69. The van der Waals surface area contributed by atoms with Crippen LogP contribution in [0.4, 0.5) is 0 Å². The molecule has 0 aliphatic carbocycles. The second-order valence-electron chi connectivity index (χ2n) is 8.66. The first-order chi connectivity index (χ1) is 13.6. The fraction of sp³-hybridized carbons (Fsp3) is 0.885. The molecule has 28 heavy (non-hydrogen) atoms. The van der Waals surface area contributed by atoms with Crippen LogP contribution in [0.25, 0.3) is 0 Å². The molecule has 0 aromatic rings. The van der Waals surface area contributed by atoms with Crippen LogP contribution in [0.1, 0.15) is 143 Å². The van der Waals surface area contributed by atoms with E-state index in [1.165, 1.54) is 109 Å². The van der Waals surface area contributed by atoms with Crippen LogP contribution in [-0.2, 0) is 9.53 Å². The molecule has 0 aromatic heterocycles. The Balaban J connectivity index is 3.27. The van der Waals surface area contributed by atoms with E-state index in [0.29, 0.717) is 5.57 Å². The average molecular weight is 395 g/mol. The summed E-state index contributed by atoms with van der Waals surface area (Å²) in [6.07, 6.45) is 25.6. The van der Waals surface area contributed by atoms with Gasteiger partial charge in [-0.05, 0) is 26.2 Å². The summed E-state index contributed by atoms with van der Waals surface area (Å²) in [4.78, 5) is 11.6. The minimum Gasteiger partial charge on any atom is -0.459 e. The molecule has 0 amide bonds. The van der Waals surface area contributed by atoms with E-state index >= 15 is 0 Å². The lowest BCUT2D eigenvalue weighted by atomic mass is 10.0. The fourth-order valence-corrected chi connectivity index (χ4v) is 3.70. The van der Waals surface area contributed by atoms with Crippen molar-refractivity contribution in [2.45, 2.75) is 149 Å². The number of carbonyl (C=O) groups excluding carboxylic acids is 1. The molecule has 1 unspecified atom stereocenters. The van der Waals surface area contributed by atoms with Gasteiger partial charge in [0.2, 0.25) is 0 Å². The molecular weight excluding hydrogens is 344 g/mol. The lowest BCUT2D eigenvalue weighted by Crippen LogP contribution is -2.17. The smallest absolute Gasteiger partial charge is 0.333 e. The van der Waals surface area contributed by atoms with E-state index in [0.717, 1.165) is 12.8 Å². The van der Waals surface area contributed by atoms with E-state index < -0.39 is 0 Å². The highest BCUT2D eigenvalue weighted by atomic mass is 16.5. The molecule has 2 nitrogen and oxygen atoms in total. The van der Waals surface area contributed by atoms with E-state index in [1.807, 2.05) is 0 Å². The van der Waals surface area contributed by atoms with Crippen LogP contribution in [0.2, 0.25) is 0 Å². The fourth-order valence-electron chi connectivity index (χ4n) is 3.70. The number of hydrogen-bond acceptors (Lipinski definition) is 2. The number of ether oxygens (including phenoxy) is 1. The molecule has 0 bridgehead atoms. The lowest BCUT2D eigenvalue weighted by molar-refractivity contribution is -0.144. The minimum atomic E-state index is -0.237. The largest absolute Gasteiger partial charge is 0.459 e. The molecule has 0 heterocycles. The molecule has 166 valence electrons. The third-order valence-electron chi connectivity index (χ3n) is 5.71. The number of rotatable bonds is 21. The number of hydrogen-bond donors (Lipinski definition) is 0. The summed E-state index contributed by atoms with van der Waals surface area (Å²) < 4.78 is 5.45. The maximum absolute atomic E-state index is 11.6. The zero-order valence-corrected chi connectivity index (χ0v) is 19.5. The molecule has 0 radical (unpaired) electrons. The second kappa shape index (κ2) is 20.9. The summed E-state index contributed by atoms with van der Waals surface area (Å²) >= 11 is 0. The minimum absolute atomic E-state index is 0.0699. The van der Waals surface area contributed by atoms with Gasteiger partial charge in [0.25, 0.3) is 0 Å². The summed E-state index contributed by atoms with van der Waals surface area (Å²) in [7, 11) is 0. The highest BCUT2D eigenvalue weighted by molar-refractivity contribution is 5.87. The van der Waals surface area contributed by atoms with Crippen molar-refractivity contribution in [2.75, 3.05) is 0 Å². The predicted molar refractivity (Wildman–Crippen MR) is 124 cm³/mol.